The fourth-order valence-electron chi connectivity index (χ4n) is 2.42. The first-order chi connectivity index (χ1) is 7.66. The maximum Gasteiger partial charge on any atom is 0.309 e. The van der Waals surface area contributed by atoms with E-state index >= 15 is 0 Å². The molecule has 0 saturated carbocycles. The van der Waals surface area contributed by atoms with Gasteiger partial charge in [-0.05, 0) is 12.8 Å². The maximum absolute atomic E-state index is 11.1. The number of ether oxygens (including phenoxy) is 1. The summed E-state index contributed by atoms with van der Waals surface area (Å²) < 4.78 is 5.51. The summed E-state index contributed by atoms with van der Waals surface area (Å²) in [5, 5.41) is 18.5. The van der Waals surface area contributed by atoms with Crippen LogP contribution < -0.4 is 0 Å². The Morgan fingerprint density at radius 1 is 1.44 bits per heavy atom. The standard InChI is InChI=1S/C12H22O4/c1-2-3-4-5-7-12(9-13)10(11(14)15)6-8-16-12/h10,13H,2-9H2,1H3,(H,14,15). The molecule has 0 aliphatic carbocycles. The molecular formula is C12H22O4. The summed E-state index contributed by atoms with van der Waals surface area (Å²) in [5.41, 5.74) is -0.820. The minimum absolute atomic E-state index is 0.184. The van der Waals surface area contributed by atoms with Crippen molar-refractivity contribution < 1.29 is 19.7 Å². The smallest absolute Gasteiger partial charge is 0.309 e. The van der Waals surface area contributed by atoms with Gasteiger partial charge < -0.3 is 14.9 Å². The number of aliphatic carboxylic acids is 1. The van der Waals surface area contributed by atoms with Crippen molar-refractivity contribution in [3.8, 4) is 0 Å². The number of aliphatic hydroxyl groups excluding tert-OH is 1. The number of rotatable bonds is 7. The number of aliphatic hydroxyl groups is 1. The van der Waals surface area contributed by atoms with Crippen molar-refractivity contribution in [1.82, 2.24) is 0 Å². The van der Waals surface area contributed by atoms with E-state index in [4.69, 9.17) is 9.84 Å². The molecule has 0 aromatic heterocycles. The molecule has 16 heavy (non-hydrogen) atoms. The lowest BCUT2D eigenvalue weighted by Gasteiger charge is -2.30. The fourth-order valence-corrected chi connectivity index (χ4v) is 2.42. The van der Waals surface area contributed by atoms with Crippen molar-refractivity contribution in [3.05, 3.63) is 0 Å². The molecule has 2 atom stereocenters. The van der Waals surface area contributed by atoms with Crippen molar-refractivity contribution in [1.29, 1.82) is 0 Å². The van der Waals surface area contributed by atoms with Crippen LogP contribution in [-0.4, -0.2) is 35.0 Å². The summed E-state index contributed by atoms with van der Waals surface area (Å²) in [6.45, 7) is 2.40. The van der Waals surface area contributed by atoms with Crippen LogP contribution in [0.15, 0.2) is 0 Å². The van der Waals surface area contributed by atoms with E-state index in [0.717, 1.165) is 25.7 Å². The van der Waals surface area contributed by atoms with E-state index in [1.165, 1.54) is 0 Å². The highest BCUT2D eigenvalue weighted by Crippen LogP contribution is 2.36. The van der Waals surface area contributed by atoms with E-state index in [9.17, 15) is 9.90 Å². The summed E-state index contributed by atoms with van der Waals surface area (Å²) in [7, 11) is 0. The molecule has 0 bridgehead atoms. The van der Waals surface area contributed by atoms with Gasteiger partial charge in [-0.1, -0.05) is 32.6 Å². The lowest BCUT2D eigenvalue weighted by Crippen LogP contribution is -2.43. The van der Waals surface area contributed by atoms with Crippen LogP contribution in [0.4, 0.5) is 0 Å². The molecule has 0 aromatic rings. The molecular weight excluding hydrogens is 208 g/mol. The number of carboxylic acid groups (broad SMARTS) is 1. The number of hydrogen-bond acceptors (Lipinski definition) is 3. The second-order valence-electron chi connectivity index (χ2n) is 4.56. The Kier molecular flexibility index (Phi) is 5.22. The highest BCUT2D eigenvalue weighted by molar-refractivity contribution is 5.72. The minimum atomic E-state index is -0.845. The van der Waals surface area contributed by atoms with Crippen LogP contribution in [0.2, 0.25) is 0 Å². The van der Waals surface area contributed by atoms with Crippen LogP contribution in [0.25, 0.3) is 0 Å². The molecule has 1 saturated heterocycles. The second kappa shape index (κ2) is 6.21. The number of unbranched alkanes of at least 4 members (excludes halogenated alkanes) is 3. The first kappa shape index (κ1) is 13.5. The second-order valence-corrected chi connectivity index (χ2v) is 4.56. The molecule has 1 rings (SSSR count). The Labute approximate surface area is 96.6 Å². The minimum Gasteiger partial charge on any atom is -0.481 e. The van der Waals surface area contributed by atoms with Crippen LogP contribution >= 0.6 is 0 Å². The average Bonchev–Trinajstić information content (AvgIpc) is 2.69. The van der Waals surface area contributed by atoms with Crippen molar-refractivity contribution in [2.45, 2.75) is 51.0 Å². The van der Waals surface area contributed by atoms with Gasteiger partial charge in [-0.3, -0.25) is 4.79 Å². The van der Waals surface area contributed by atoms with Gasteiger partial charge in [0.1, 0.15) is 5.60 Å². The third-order valence-corrected chi connectivity index (χ3v) is 3.45. The van der Waals surface area contributed by atoms with Crippen molar-refractivity contribution in [2.24, 2.45) is 5.92 Å². The van der Waals surface area contributed by atoms with E-state index in [2.05, 4.69) is 6.92 Å². The Balaban J connectivity index is 2.51. The summed E-state index contributed by atoms with van der Waals surface area (Å²) in [4.78, 5) is 11.1. The molecule has 1 heterocycles. The molecule has 1 aliphatic heterocycles. The number of carboxylic acids is 1. The van der Waals surface area contributed by atoms with E-state index in [0.29, 0.717) is 19.4 Å². The summed E-state index contributed by atoms with van der Waals surface area (Å²) >= 11 is 0. The van der Waals surface area contributed by atoms with E-state index in [1.807, 2.05) is 0 Å². The third-order valence-electron chi connectivity index (χ3n) is 3.45. The topological polar surface area (TPSA) is 66.8 Å². The van der Waals surface area contributed by atoms with Gasteiger partial charge in [-0.25, -0.2) is 0 Å². The lowest BCUT2D eigenvalue weighted by molar-refractivity contribution is -0.152. The van der Waals surface area contributed by atoms with Gasteiger partial charge in [0.2, 0.25) is 0 Å². The van der Waals surface area contributed by atoms with Crippen molar-refractivity contribution in [2.75, 3.05) is 13.2 Å². The van der Waals surface area contributed by atoms with Crippen molar-refractivity contribution in [3.63, 3.8) is 0 Å². The van der Waals surface area contributed by atoms with Gasteiger partial charge in [-0.2, -0.15) is 0 Å². The monoisotopic (exact) mass is 230 g/mol. The van der Waals surface area contributed by atoms with E-state index in [-0.39, 0.29) is 6.61 Å². The Bertz CT molecular complexity index is 229. The SMILES string of the molecule is CCCCCCC1(CO)OCCC1C(=O)O. The molecule has 1 fully saturated rings. The maximum atomic E-state index is 11.1. The summed E-state index contributed by atoms with van der Waals surface area (Å²) in [6, 6.07) is 0. The van der Waals surface area contributed by atoms with Crippen LogP contribution in [0.5, 0.6) is 0 Å². The lowest BCUT2D eigenvalue weighted by atomic mass is 9.83. The van der Waals surface area contributed by atoms with Gasteiger partial charge in [0.05, 0.1) is 12.5 Å². The van der Waals surface area contributed by atoms with Crippen LogP contribution in [0, 0.1) is 5.92 Å². The molecule has 2 unspecified atom stereocenters. The molecule has 0 aromatic carbocycles. The molecule has 4 nitrogen and oxygen atoms in total. The van der Waals surface area contributed by atoms with Gasteiger partial charge in [0.15, 0.2) is 0 Å². The highest BCUT2D eigenvalue weighted by Gasteiger charge is 2.47. The molecule has 4 heteroatoms. The van der Waals surface area contributed by atoms with Crippen LogP contribution in [0.3, 0.4) is 0 Å². The zero-order chi connectivity index (χ0) is 12.0. The molecule has 2 N–H and O–H groups in total. The van der Waals surface area contributed by atoms with Gasteiger partial charge in [0.25, 0.3) is 0 Å². The predicted molar refractivity (Wildman–Crippen MR) is 60.3 cm³/mol. The van der Waals surface area contributed by atoms with Crippen LogP contribution in [-0.2, 0) is 9.53 Å². The van der Waals surface area contributed by atoms with Gasteiger partial charge >= 0.3 is 5.97 Å². The summed E-state index contributed by atoms with van der Waals surface area (Å²) in [6.07, 6.45) is 5.48. The normalized spacial score (nSPS) is 29.5. The largest absolute Gasteiger partial charge is 0.481 e. The van der Waals surface area contributed by atoms with Crippen LogP contribution in [0.1, 0.15) is 45.4 Å². The number of hydrogen-bond donors (Lipinski definition) is 2. The predicted octanol–water partition coefficient (Wildman–Crippen LogP) is 1.81. The zero-order valence-electron chi connectivity index (χ0n) is 9.95. The molecule has 94 valence electrons. The Morgan fingerprint density at radius 2 is 2.19 bits per heavy atom. The van der Waals surface area contributed by atoms with Gasteiger partial charge in [-0.15, -0.1) is 0 Å². The third kappa shape index (κ3) is 2.95. The van der Waals surface area contributed by atoms with Gasteiger partial charge in [0, 0.05) is 6.61 Å². The highest BCUT2D eigenvalue weighted by atomic mass is 16.5. The number of carbonyl (C=O) groups is 1. The van der Waals surface area contributed by atoms with Crippen molar-refractivity contribution >= 4 is 5.97 Å². The Hall–Kier alpha value is -0.610. The fraction of sp³-hybridized carbons (Fsp3) is 0.917. The summed E-state index contributed by atoms with van der Waals surface area (Å²) in [5.74, 6) is -1.39. The van der Waals surface area contributed by atoms with E-state index < -0.39 is 17.5 Å². The molecule has 0 spiro atoms. The Morgan fingerprint density at radius 3 is 2.75 bits per heavy atom. The van der Waals surface area contributed by atoms with E-state index in [1.54, 1.807) is 0 Å². The first-order valence-corrected chi connectivity index (χ1v) is 6.14. The molecule has 0 amide bonds. The zero-order valence-corrected chi connectivity index (χ0v) is 9.95. The quantitative estimate of drug-likeness (QED) is 0.654. The first-order valence-electron chi connectivity index (χ1n) is 6.14. The molecule has 1 aliphatic rings. The average molecular weight is 230 g/mol. The molecule has 0 radical (unpaired) electrons.